The summed E-state index contributed by atoms with van der Waals surface area (Å²) in [6.45, 7) is 7.72. The average Bonchev–Trinajstić information content (AvgIpc) is 2.59. The van der Waals surface area contributed by atoms with E-state index in [2.05, 4.69) is 44.3 Å². The zero-order valence-electron chi connectivity index (χ0n) is 13.2. The summed E-state index contributed by atoms with van der Waals surface area (Å²) in [4.78, 5) is 0. The molecule has 1 aliphatic carbocycles. The van der Waals surface area contributed by atoms with Gasteiger partial charge in [-0.15, -0.1) is 0 Å². The van der Waals surface area contributed by atoms with Crippen LogP contribution in [0.15, 0.2) is 24.3 Å². The number of hydrogen-bond acceptors (Lipinski definition) is 2. The van der Waals surface area contributed by atoms with Gasteiger partial charge in [0.25, 0.3) is 0 Å². The Morgan fingerprint density at radius 3 is 2.80 bits per heavy atom. The first-order chi connectivity index (χ1) is 9.61. The second-order valence-electron chi connectivity index (χ2n) is 6.78. The molecule has 1 aromatic carbocycles. The molecule has 0 aromatic heterocycles. The first kappa shape index (κ1) is 15.2. The average molecular weight is 275 g/mol. The monoisotopic (exact) mass is 275 g/mol. The molecule has 1 atom stereocenters. The summed E-state index contributed by atoms with van der Waals surface area (Å²) in [6.07, 6.45) is 7.55. The Bertz CT molecular complexity index is 414. The topological polar surface area (TPSA) is 21.3 Å². The van der Waals surface area contributed by atoms with E-state index in [-0.39, 0.29) is 0 Å². The quantitative estimate of drug-likeness (QED) is 0.741. The Morgan fingerprint density at radius 2 is 2.00 bits per heavy atom. The molecule has 1 aliphatic rings. The summed E-state index contributed by atoms with van der Waals surface area (Å²) in [5, 5.41) is 3.71. The maximum atomic E-state index is 5.84. The molecule has 2 heteroatoms. The molecule has 2 rings (SSSR count). The second-order valence-corrected chi connectivity index (χ2v) is 6.78. The van der Waals surface area contributed by atoms with Gasteiger partial charge < -0.3 is 10.1 Å². The van der Waals surface area contributed by atoms with Crippen molar-refractivity contribution in [3.63, 3.8) is 0 Å². The van der Waals surface area contributed by atoms with E-state index in [0.29, 0.717) is 11.5 Å². The highest BCUT2D eigenvalue weighted by Gasteiger charge is 2.24. The molecule has 0 heterocycles. The lowest BCUT2D eigenvalue weighted by Crippen LogP contribution is -2.19. The van der Waals surface area contributed by atoms with Crippen LogP contribution in [0.1, 0.15) is 59.3 Å². The van der Waals surface area contributed by atoms with E-state index in [1.54, 1.807) is 0 Å². The third-order valence-corrected chi connectivity index (χ3v) is 4.28. The minimum atomic E-state index is 0.509. The highest BCUT2D eigenvalue weighted by atomic mass is 16.5. The molecule has 0 radical (unpaired) electrons. The zero-order chi connectivity index (χ0) is 14.4. The van der Waals surface area contributed by atoms with E-state index < -0.39 is 0 Å². The van der Waals surface area contributed by atoms with Crippen molar-refractivity contribution in [2.24, 2.45) is 5.41 Å². The SMILES string of the molecule is CCCOc1ccccc1NC1CCCC(C)(C)CC1. The Labute approximate surface area is 123 Å². The molecule has 0 bridgehead atoms. The van der Waals surface area contributed by atoms with Crippen LogP contribution < -0.4 is 10.1 Å². The molecule has 20 heavy (non-hydrogen) atoms. The molecule has 1 N–H and O–H groups in total. The van der Waals surface area contributed by atoms with Crippen molar-refractivity contribution in [2.75, 3.05) is 11.9 Å². The lowest BCUT2D eigenvalue weighted by Gasteiger charge is -2.23. The highest BCUT2D eigenvalue weighted by molar-refractivity contribution is 5.56. The van der Waals surface area contributed by atoms with Gasteiger partial charge in [-0.05, 0) is 49.7 Å². The van der Waals surface area contributed by atoms with Crippen molar-refractivity contribution in [2.45, 2.75) is 65.3 Å². The van der Waals surface area contributed by atoms with E-state index in [1.165, 1.54) is 32.1 Å². The lowest BCUT2D eigenvalue weighted by atomic mass is 9.85. The van der Waals surface area contributed by atoms with Crippen LogP contribution in [0.3, 0.4) is 0 Å². The third-order valence-electron chi connectivity index (χ3n) is 4.28. The molecule has 0 spiro atoms. The van der Waals surface area contributed by atoms with Crippen LogP contribution in [-0.4, -0.2) is 12.6 Å². The first-order valence-corrected chi connectivity index (χ1v) is 8.09. The van der Waals surface area contributed by atoms with Gasteiger partial charge in [0.2, 0.25) is 0 Å². The lowest BCUT2D eigenvalue weighted by molar-refractivity contribution is 0.313. The Hall–Kier alpha value is -1.18. The van der Waals surface area contributed by atoms with Crippen LogP contribution in [-0.2, 0) is 0 Å². The molecule has 1 aromatic rings. The summed E-state index contributed by atoms with van der Waals surface area (Å²) < 4.78 is 5.84. The number of benzene rings is 1. The predicted octanol–water partition coefficient (Wildman–Crippen LogP) is 5.25. The smallest absolute Gasteiger partial charge is 0.142 e. The van der Waals surface area contributed by atoms with Crippen LogP contribution in [0, 0.1) is 5.41 Å². The number of anilines is 1. The Kier molecular flexibility index (Phi) is 5.33. The fraction of sp³-hybridized carbons (Fsp3) is 0.667. The number of hydrogen-bond donors (Lipinski definition) is 1. The minimum absolute atomic E-state index is 0.509. The van der Waals surface area contributed by atoms with Crippen LogP contribution >= 0.6 is 0 Å². The van der Waals surface area contributed by atoms with Crippen molar-refractivity contribution >= 4 is 5.69 Å². The van der Waals surface area contributed by atoms with Gasteiger partial charge in [-0.25, -0.2) is 0 Å². The molecule has 0 saturated heterocycles. The fourth-order valence-corrected chi connectivity index (χ4v) is 2.95. The largest absolute Gasteiger partial charge is 0.491 e. The van der Waals surface area contributed by atoms with Gasteiger partial charge in [-0.2, -0.15) is 0 Å². The number of rotatable bonds is 5. The maximum absolute atomic E-state index is 5.84. The minimum Gasteiger partial charge on any atom is -0.491 e. The molecule has 1 fully saturated rings. The molecule has 0 amide bonds. The normalized spacial score (nSPS) is 22.1. The van der Waals surface area contributed by atoms with Crippen LogP contribution in [0.2, 0.25) is 0 Å². The summed E-state index contributed by atoms with van der Waals surface area (Å²) >= 11 is 0. The summed E-state index contributed by atoms with van der Waals surface area (Å²) in [5.41, 5.74) is 1.67. The van der Waals surface area contributed by atoms with Gasteiger partial charge in [0, 0.05) is 6.04 Å². The van der Waals surface area contributed by atoms with E-state index in [1.807, 2.05) is 6.07 Å². The number of para-hydroxylation sites is 2. The van der Waals surface area contributed by atoms with E-state index in [9.17, 15) is 0 Å². The van der Waals surface area contributed by atoms with Crippen molar-refractivity contribution in [1.29, 1.82) is 0 Å². The first-order valence-electron chi connectivity index (χ1n) is 8.09. The molecular weight excluding hydrogens is 246 g/mol. The van der Waals surface area contributed by atoms with Crippen molar-refractivity contribution in [1.82, 2.24) is 0 Å². The van der Waals surface area contributed by atoms with Crippen LogP contribution in [0.25, 0.3) is 0 Å². The van der Waals surface area contributed by atoms with E-state index in [4.69, 9.17) is 4.74 Å². The molecule has 1 saturated carbocycles. The third kappa shape index (κ3) is 4.43. The second kappa shape index (κ2) is 7.01. The summed E-state index contributed by atoms with van der Waals surface area (Å²) in [6, 6.07) is 8.93. The van der Waals surface area contributed by atoms with Crippen LogP contribution in [0.5, 0.6) is 5.75 Å². The van der Waals surface area contributed by atoms with E-state index >= 15 is 0 Å². The van der Waals surface area contributed by atoms with Crippen molar-refractivity contribution in [3.8, 4) is 5.75 Å². The van der Waals surface area contributed by atoms with Gasteiger partial charge in [0.15, 0.2) is 0 Å². The van der Waals surface area contributed by atoms with Crippen LogP contribution in [0.4, 0.5) is 5.69 Å². The zero-order valence-corrected chi connectivity index (χ0v) is 13.2. The van der Waals surface area contributed by atoms with Gasteiger partial charge in [0.1, 0.15) is 5.75 Å². The van der Waals surface area contributed by atoms with E-state index in [0.717, 1.165) is 24.5 Å². The summed E-state index contributed by atoms with van der Waals surface area (Å²) in [7, 11) is 0. The Balaban J connectivity index is 1.98. The van der Waals surface area contributed by atoms with Crippen molar-refractivity contribution in [3.05, 3.63) is 24.3 Å². The summed E-state index contributed by atoms with van der Waals surface area (Å²) in [5.74, 6) is 0.998. The van der Waals surface area contributed by atoms with Gasteiger partial charge in [0.05, 0.1) is 12.3 Å². The molecule has 2 nitrogen and oxygen atoms in total. The Morgan fingerprint density at radius 1 is 1.20 bits per heavy atom. The molecule has 0 aliphatic heterocycles. The van der Waals surface area contributed by atoms with Crippen molar-refractivity contribution < 1.29 is 4.74 Å². The predicted molar refractivity (Wildman–Crippen MR) is 86.5 cm³/mol. The van der Waals surface area contributed by atoms with Gasteiger partial charge in [-0.1, -0.05) is 39.3 Å². The molecule has 112 valence electrons. The standard InChI is InChI=1S/C18H29NO/c1-4-14-20-17-10-6-5-9-16(17)19-15-8-7-12-18(2,3)13-11-15/h5-6,9-10,15,19H,4,7-8,11-14H2,1-3H3. The number of nitrogens with one attached hydrogen (secondary N) is 1. The van der Waals surface area contributed by atoms with Gasteiger partial charge in [-0.3, -0.25) is 0 Å². The maximum Gasteiger partial charge on any atom is 0.142 e. The molecule has 1 unspecified atom stereocenters. The van der Waals surface area contributed by atoms with Gasteiger partial charge >= 0.3 is 0 Å². The fourth-order valence-electron chi connectivity index (χ4n) is 2.95. The highest BCUT2D eigenvalue weighted by Crippen LogP contribution is 2.35. The molecular formula is C18H29NO. The number of ether oxygens (including phenoxy) is 1.